The summed E-state index contributed by atoms with van der Waals surface area (Å²) in [5.74, 6) is 2.96. The molecule has 0 saturated carbocycles. The summed E-state index contributed by atoms with van der Waals surface area (Å²) in [6.07, 6.45) is 5.18. The number of hydrogen-bond acceptors (Lipinski definition) is 3. The molecule has 0 spiro atoms. The highest BCUT2D eigenvalue weighted by molar-refractivity contribution is 5.78. The Bertz CT molecular complexity index is 1240. The third-order valence-corrected chi connectivity index (χ3v) is 5.06. The Kier molecular flexibility index (Phi) is 3.57. The van der Waals surface area contributed by atoms with Crippen LogP contribution in [0.3, 0.4) is 0 Å². The smallest absolute Gasteiger partial charge is 0.111 e. The van der Waals surface area contributed by atoms with Gasteiger partial charge in [-0.15, -0.1) is 0 Å². The van der Waals surface area contributed by atoms with E-state index in [2.05, 4.69) is 67.9 Å². The molecule has 0 radical (unpaired) electrons. The number of hydrogen-bond donors (Lipinski definition) is 2. The van der Waals surface area contributed by atoms with E-state index in [0.29, 0.717) is 0 Å². The van der Waals surface area contributed by atoms with Crippen molar-refractivity contribution in [2.24, 2.45) is 7.05 Å². The van der Waals surface area contributed by atoms with Gasteiger partial charge < -0.3 is 14.5 Å². The number of H-pyrrole nitrogens is 2. The number of rotatable bonds is 4. The van der Waals surface area contributed by atoms with Crippen LogP contribution in [0, 0.1) is 6.92 Å². The molecule has 5 rings (SSSR count). The molecule has 6 nitrogen and oxygen atoms in total. The molecule has 0 aliphatic heterocycles. The van der Waals surface area contributed by atoms with Crippen LogP contribution < -0.4 is 0 Å². The standard InChI is InChI=1S/C21H20N6/c1-13-24-17-6-4-15(10-19(17)27(13)2)12-21-25-16-5-3-14(9-18(16)26-21)11-20-22-7-8-23-20/h3-10H,11-12H2,1-2H3,(H,22,23)(H,25,26). The van der Waals surface area contributed by atoms with E-state index in [1.807, 2.05) is 13.1 Å². The van der Waals surface area contributed by atoms with E-state index in [9.17, 15) is 0 Å². The van der Waals surface area contributed by atoms with Gasteiger partial charge >= 0.3 is 0 Å². The molecule has 0 aliphatic carbocycles. The molecule has 134 valence electrons. The fourth-order valence-electron chi connectivity index (χ4n) is 3.55. The van der Waals surface area contributed by atoms with Crippen LogP contribution in [-0.2, 0) is 19.9 Å². The quantitative estimate of drug-likeness (QED) is 0.516. The SMILES string of the molecule is Cc1nc2ccc(Cc3nc4ccc(Cc5ncc[nH]5)cc4[nH]3)cc2n1C. The van der Waals surface area contributed by atoms with Crippen molar-refractivity contribution in [2.75, 3.05) is 0 Å². The second kappa shape index (κ2) is 6.09. The van der Waals surface area contributed by atoms with E-state index in [1.165, 1.54) is 11.1 Å². The Morgan fingerprint density at radius 2 is 1.70 bits per heavy atom. The van der Waals surface area contributed by atoms with Crippen LogP contribution in [0.1, 0.15) is 28.6 Å². The van der Waals surface area contributed by atoms with Crippen molar-refractivity contribution < 1.29 is 0 Å². The van der Waals surface area contributed by atoms with Crippen molar-refractivity contribution in [1.29, 1.82) is 0 Å². The van der Waals surface area contributed by atoms with Crippen molar-refractivity contribution in [2.45, 2.75) is 19.8 Å². The number of nitrogens with one attached hydrogen (secondary N) is 2. The maximum atomic E-state index is 4.75. The molecule has 0 unspecified atom stereocenters. The average Bonchev–Trinajstić information content (AvgIpc) is 3.36. The van der Waals surface area contributed by atoms with E-state index in [-0.39, 0.29) is 0 Å². The van der Waals surface area contributed by atoms with Gasteiger partial charge in [-0.05, 0) is 42.3 Å². The van der Waals surface area contributed by atoms with Gasteiger partial charge in [-0.2, -0.15) is 0 Å². The summed E-state index contributed by atoms with van der Waals surface area (Å²) in [6, 6.07) is 12.8. The molecule has 0 saturated heterocycles. The molecule has 0 bridgehead atoms. The number of aromatic nitrogens is 6. The zero-order valence-electron chi connectivity index (χ0n) is 15.3. The topological polar surface area (TPSA) is 75.2 Å². The third kappa shape index (κ3) is 2.89. The maximum absolute atomic E-state index is 4.75. The molecule has 27 heavy (non-hydrogen) atoms. The Labute approximate surface area is 156 Å². The number of nitrogens with zero attached hydrogens (tertiary/aromatic N) is 4. The fraction of sp³-hybridized carbons (Fsp3) is 0.190. The molecule has 0 aliphatic rings. The zero-order chi connectivity index (χ0) is 18.4. The van der Waals surface area contributed by atoms with Gasteiger partial charge in [-0.1, -0.05) is 12.1 Å². The Balaban J connectivity index is 1.44. The lowest BCUT2D eigenvalue weighted by molar-refractivity contribution is 0.885. The van der Waals surface area contributed by atoms with E-state index < -0.39 is 0 Å². The first-order chi connectivity index (χ1) is 13.2. The largest absolute Gasteiger partial charge is 0.348 e. The lowest BCUT2D eigenvalue weighted by Crippen LogP contribution is -1.93. The van der Waals surface area contributed by atoms with Gasteiger partial charge in [0, 0.05) is 32.3 Å². The van der Waals surface area contributed by atoms with Crippen molar-refractivity contribution in [3.63, 3.8) is 0 Å². The summed E-state index contributed by atoms with van der Waals surface area (Å²) in [6.45, 7) is 2.03. The van der Waals surface area contributed by atoms with Crippen LogP contribution in [0.15, 0.2) is 48.8 Å². The molecule has 6 heteroatoms. The second-order valence-electron chi connectivity index (χ2n) is 6.97. The summed E-state index contributed by atoms with van der Waals surface area (Å²) in [5.41, 5.74) is 6.67. The highest BCUT2D eigenvalue weighted by atomic mass is 15.0. The number of fused-ring (bicyclic) bond motifs is 2. The van der Waals surface area contributed by atoms with E-state index in [4.69, 9.17) is 4.98 Å². The zero-order valence-corrected chi connectivity index (χ0v) is 15.3. The summed E-state index contributed by atoms with van der Waals surface area (Å²) in [4.78, 5) is 20.2. The number of benzene rings is 2. The monoisotopic (exact) mass is 356 g/mol. The van der Waals surface area contributed by atoms with Crippen molar-refractivity contribution in [3.8, 4) is 0 Å². The molecule has 3 heterocycles. The molecule has 0 atom stereocenters. The minimum atomic E-state index is 0.766. The minimum Gasteiger partial charge on any atom is -0.348 e. The normalized spacial score (nSPS) is 11.6. The summed E-state index contributed by atoms with van der Waals surface area (Å²) in [5, 5.41) is 0. The van der Waals surface area contributed by atoms with Crippen LogP contribution in [0.2, 0.25) is 0 Å². The van der Waals surface area contributed by atoms with Gasteiger partial charge in [0.15, 0.2) is 0 Å². The first-order valence-corrected chi connectivity index (χ1v) is 9.03. The van der Waals surface area contributed by atoms with Gasteiger partial charge in [0.2, 0.25) is 0 Å². The molecule has 2 N–H and O–H groups in total. The van der Waals surface area contributed by atoms with Gasteiger partial charge in [0.1, 0.15) is 17.5 Å². The van der Waals surface area contributed by atoms with Crippen LogP contribution >= 0.6 is 0 Å². The van der Waals surface area contributed by atoms with Crippen molar-refractivity contribution in [1.82, 2.24) is 29.5 Å². The van der Waals surface area contributed by atoms with E-state index >= 15 is 0 Å². The Hall–Kier alpha value is -3.41. The molecule has 3 aromatic heterocycles. The number of aryl methyl sites for hydroxylation is 2. The molecule has 2 aromatic carbocycles. The maximum Gasteiger partial charge on any atom is 0.111 e. The Morgan fingerprint density at radius 1 is 0.926 bits per heavy atom. The predicted molar refractivity (Wildman–Crippen MR) is 106 cm³/mol. The van der Waals surface area contributed by atoms with Gasteiger partial charge in [0.05, 0.1) is 22.1 Å². The van der Waals surface area contributed by atoms with Gasteiger partial charge in [-0.25, -0.2) is 15.0 Å². The highest BCUT2D eigenvalue weighted by Crippen LogP contribution is 2.20. The lowest BCUT2D eigenvalue weighted by atomic mass is 10.1. The highest BCUT2D eigenvalue weighted by Gasteiger charge is 2.09. The molecular formula is C21H20N6. The molecule has 0 amide bonds. The fourth-order valence-corrected chi connectivity index (χ4v) is 3.55. The average molecular weight is 356 g/mol. The van der Waals surface area contributed by atoms with Crippen LogP contribution in [0.5, 0.6) is 0 Å². The number of aromatic amines is 2. The van der Waals surface area contributed by atoms with E-state index in [0.717, 1.165) is 52.4 Å². The van der Waals surface area contributed by atoms with Gasteiger partial charge in [0.25, 0.3) is 0 Å². The lowest BCUT2D eigenvalue weighted by Gasteiger charge is -2.01. The van der Waals surface area contributed by atoms with Crippen LogP contribution in [0.4, 0.5) is 0 Å². The van der Waals surface area contributed by atoms with Crippen LogP contribution in [-0.4, -0.2) is 29.5 Å². The molecular weight excluding hydrogens is 336 g/mol. The molecule has 0 fully saturated rings. The minimum absolute atomic E-state index is 0.766. The van der Waals surface area contributed by atoms with Gasteiger partial charge in [-0.3, -0.25) is 0 Å². The summed E-state index contributed by atoms with van der Waals surface area (Å²) >= 11 is 0. The van der Waals surface area contributed by atoms with Crippen molar-refractivity contribution >= 4 is 22.1 Å². The predicted octanol–water partition coefficient (Wildman–Crippen LogP) is 3.66. The summed E-state index contributed by atoms with van der Waals surface area (Å²) < 4.78 is 2.12. The first-order valence-electron chi connectivity index (χ1n) is 9.03. The Morgan fingerprint density at radius 3 is 2.52 bits per heavy atom. The number of imidazole rings is 3. The summed E-state index contributed by atoms with van der Waals surface area (Å²) in [7, 11) is 2.05. The van der Waals surface area contributed by atoms with E-state index in [1.54, 1.807) is 6.20 Å². The second-order valence-corrected chi connectivity index (χ2v) is 6.97. The van der Waals surface area contributed by atoms with Crippen molar-refractivity contribution in [3.05, 3.63) is 77.4 Å². The van der Waals surface area contributed by atoms with Crippen LogP contribution in [0.25, 0.3) is 22.1 Å². The first kappa shape index (κ1) is 15.8. The molecule has 5 aromatic rings. The third-order valence-electron chi connectivity index (χ3n) is 5.06.